The Hall–Kier alpha value is -1.29. The second-order valence-electron chi connectivity index (χ2n) is 4.57. The van der Waals surface area contributed by atoms with Gasteiger partial charge < -0.3 is 11.1 Å². The molecule has 1 unspecified atom stereocenters. The fourth-order valence-corrected chi connectivity index (χ4v) is 1.79. The van der Waals surface area contributed by atoms with E-state index in [4.69, 9.17) is 5.73 Å². The fourth-order valence-electron chi connectivity index (χ4n) is 1.79. The van der Waals surface area contributed by atoms with Crippen LogP contribution in [0.1, 0.15) is 19.8 Å². The van der Waals surface area contributed by atoms with E-state index in [-0.39, 0.29) is 0 Å². The van der Waals surface area contributed by atoms with Crippen LogP contribution < -0.4 is 11.1 Å². The zero-order valence-electron chi connectivity index (χ0n) is 9.98. The molecule has 4 nitrogen and oxygen atoms in total. The summed E-state index contributed by atoms with van der Waals surface area (Å²) in [4.78, 5) is 6.64. The van der Waals surface area contributed by atoms with Gasteiger partial charge in [-0.15, -0.1) is 0 Å². The van der Waals surface area contributed by atoms with Crippen LogP contribution >= 0.6 is 0 Å². The molecule has 1 saturated carbocycles. The first kappa shape index (κ1) is 11.2. The maximum atomic E-state index is 5.62. The molecule has 0 aromatic carbocycles. The van der Waals surface area contributed by atoms with Crippen molar-refractivity contribution in [1.82, 2.24) is 9.88 Å². The van der Waals surface area contributed by atoms with Gasteiger partial charge in [-0.05, 0) is 38.9 Å². The minimum atomic E-state index is 0.524. The Kier molecular flexibility index (Phi) is 3.29. The molecule has 0 aliphatic heterocycles. The first-order valence-corrected chi connectivity index (χ1v) is 5.85. The first-order chi connectivity index (χ1) is 7.66. The van der Waals surface area contributed by atoms with Crippen molar-refractivity contribution in [3.8, 4) is 0 Å². The molecule has 88 valence electrons. The van der Waals surface area contributed by atoms with E-state index in [1.165, 1.54) is 12.8 Å². The summed E-state index contributed by atoms with van der Waals surface area (Å²) in [6, 6.07) is 6.98. The van der Waals surface area contributed by atoms with E-state index in [2.05, 4.69) is 29.2 Å². The van der Waals surface area contributed by atoms with Crippen LogP contribution in [0.15, 0.2) is 18.2 Å². The van der Waals surface area contributed by atoms with Crippen LogP contribution in [0.4, 0.5) is 11.6 Å². The minimum Gasteiger partial charge on any atom is -0.384 e. The number of anilines is 2. The van der Waals surface area contributed by atoms with Gasteiger partial charge in [0.05, 0.1) is 0 Å². The van der Waals surface area contributed by atoms with Gasteiger partial charge in [-0.25, -0.2) is 4.98 Å². The highest BCUT2D eigenvalue weighted by Crippen LogP contribution is 2.26. The largest absolute Gasteiger partial charge is 0.384 e. The number of likely N-dealkylation sites (N-methyl/N-ethyl adjacent to an activating group) is 1. The maximum Gasteiger partial charge on any atom is 0.128 e. The summed E-state index contributed by atoms with van der Waals surface area (Å²) in [5.41, 5.74) is 5.62. The molecule has 1 fully saturated rings. The van der Waals surface area contributed by atoms with Crippen molar-refractivity contribution < 1.29 is 0 Å². The number of nitrogen functional groups attached to an aromatic ring is 1. The lowest BCUT2D eigenvalue weighted by Crippen LogP contribution is -2.36. The summed E-state index contributed by atoms with van der Waals surface area (Å²) in [5, 5.41) is 3.32. The van der Waals surface area contributed by atoms with Gasteiger partial charge >= 0.3 is 0 Å². The predicted molar refractivity (Wildman–Crippen MR) is 67.4 cm³/mol. The number of rotatable bonds is 5. The lowest BCUT2D eigenvalue weighted by Gasteiger charge is -2.24. The van der Waals surface area contributed by atoms with Gasteiger partial charge in [-0.3, -0.25) is 4.90 Å². The van der Waals surface area contributed by atoms with Crippen molar-refractivity contribution in [2.45, 2.75) is 31.8 Å². The zero-order valence-corrected chi connectivity index (χ0v) is 9.98. The highest BCUT2D eigenvalue weighted by Gasteiger charge is 2.28. The van der Waals surface area contributed by atoms with E-state index in [1.54, 1.807) is 6.07 Å². The Morgan fingerprint density at radius 1 is 1.56 bits per heavy atom. The molecule has 1 aliphatic rings. The van der Waals surface area contributed by atoms with E-state index in [0.717, 1.165) is 18.4 Å². The quantitative estimate of drug-likeness (QED) is 0.790. The van der Waals surface area contributed by atoms with Gasteiger partial charge in [0.25, 0.3) is 0 Å². The van der Waals surface area contributed by atoms with Gasteiger partial charge in [0.1, 0.15) is 11.6 Å². The summed E-state index contributed by atoms with van der Waals surface area (Å²) >= 11 is 0. The van der Waals surface area contributed by atoms with Crippen molar-refractivity contribution >= 4 is 11.6 Å². The molecule has 4 heteroatoms. The Balaban J connectivity index is 1.82. The van der Waals surface area contributed by atoms with E-state index in [0.29, 0.717) is 11.9 Å². The normalized spacial score (nSPS) is 17.4. The fraction of sp³-hybridized carbons (Fsp3) is 0.583. The SMILES string of the molecule is CC(CNc1cccc(N)n1)N(C)C1CC1. The first-order valence-electron chi connectivity index (χ1n) is 5.85. The summed E-state index contributed by atoms with van der Waals surface area (Å²) in [6.07, 6.45) is 2.69. The molecule has 1 aromatic heterocycles. The monoisotopic (exact) mass is 220 g/mol. The molecule has 0 radical (unpaired) electrons. The molecule has 16 heavy (non-hydrogen) atoms. The van der Waals surface area contributed by atoms with Gasteiger partial charge in [-0.1, -0.05) is 6.07 Å². The Bertz CT molecular complexity index is 349. The van der Waals surface area contributed by atoms with Gasteiger partial charge in [0, 0.05) is 18.6 Å². The zero-order chi connectivity index (χ0) is 11.5. The number of hydrogen-bond donors (Lipinski definition) is 2. The summed E-state index contributed by atoms with van der Waals surface area (Å²) in [7, 11) is 2.19. The number of nitrogens with two attached hydrogens (primary N) is 1. The van der Waals surface area contributed by atoms with Crippen molar-refractivity contribution in [3.63, 3.8) is 0 Å². The number of hydrogen-bond acceptors (Lipinski definition) is 4. The van der Waals surface area contributed by atoms with Crippen LogP contribution in [0, 0.1) is 0 Å². The molecule has 2 rings (SSSR count). The van der Waals surface area contributed by atoms with Crippen LogP contribution in [0.3, 0.4) is 0 Å². The molecule has 1 aromatic rings. The molecular formula is C12H20N4. The van der Waals surface area contributed by atoms with Gasteiger partial charge in [0.2, 0.25) is 0 Å². The number of nitrogens with zero attached hydrogens (tertiary/aromatic N) is 2. The molecule has 1 heterocycles. The Morgan fingerprint density at radius 3 is 2.94 bits per heavy atom. The van der Waals surface area contributed by atoms with Crippen molar-refractivity contribution in [2.75, 3.05) is 24.6 Å². The van der Waals surface area contributed by atoms with E-state index in [1.807, 2.05) is 12.1 Å². The molecular weight excluding hydrogens is 200 g/mol. The molecule has 0 bridgehead atoms. The summed E-state index contributed by atoms with van der Waals surface area (Å²) < 4.78 is 0. The Labute approximate surface area is 96.8 Å². The number of aromatic nitrogens is 1. The van der Waals surface area contributed by atoms with Crippen molar-refractivity contribution in [2.24, 2.45) is 0 Å². The second kappa shape index (κ2) is 4.70. The smallest absolute Gasteiger partial charge is 0.128 e. The summed E-state index contributed by atoms with van der Waals surface area (Å²) in [6.45, 7) is 3.14. The van der Waals surface area contributed by atoms with Crippen LogP contribution in [0.2, 0.25) is 0 Å². The van der Waals surface area contributed by atoms with E-state index in [9.17, 15) is 0 Å². The third kappa shape index (κ3) is 2.85. The highest BCUT2D eigenvalue weighted by atomic mass is 15.2. The average molecular weight is 220 g/mol. The lowest BCUT2D eigenvalue weighted by molar-refractivity contribution is 0.257. The molecule has 1 aliphatic carbocycles. The summed E-state index contributed by atoms with van der Waals surface area (Å²) in [5.74, 6) is 1.42. The van der Waals surface area contributed by atoms with Gasteiger partial charge in [0.15, 0.2) is 0 Å². The van der Waals surface area contributed by atoms with Crippen LogP contribution in [-0.2, 0) is 0 Å². The standard InChI is InChI=1S/C12H20N4/c1-9(16(2)10-6-7-10)8-14-12-5-3-4-11(13)15-12/h3-5,9-10H,6-8H2,1-2H3,(H3,13,14,15). The van der Waals surface area contributed by atoms with E-state index < -0.39 is 0 Å². The maximum absolute atomic E-state index is 5.62. The molecule has 3 N–H and O–H groups in total. The molecule has 0 amide bonds. The predicted octanol–water partition coefficient (Wildman–Crippen LogP) is 1.56. The van der Waals surface area contributed by atoms with Crippen LogP contribution in [0.5, 0.6) is 0 Å². The van der Waals surface area contributed by atoms with Gasteiger partial charge in [-0.2, -0.15) is 0 Å². The second-order valence-corrected chi connectivity index (χ2v) is 4.57. The van der Waals surface area contributed by atoms with Crippen LogP contribution in [-0.4, -0.2) is 35.6 Å². The molecule has 0 spiro atoms. The third-order valence-corrected chi connectivity index (χ3v) is 3.17. The topological polar surface area (TPSA) is 54.2 Å². The van der Waals surface area contributed by atoms with Crippen molar-refractivity contribution in [1.29, 1.82) is 0 Å². The molecule has 0 saturated heterocycles. The molecule has 1 atom stereocenters. The third-order valence-electron chi connectivity index (χ3n) is 3.17. The van der Waals surface area contributed by atoms with Crippen LogP contribution in [0.25, 0.3) is 0 Å². The van der Waals surface area contributed by atoms with E-state index >= 15 is 0 Å². The number of nitrogens with one attached hydrogen (secondary N) is 1. The minimum absolute atomic E-state index is 0.524. The Morgan fingerprint density at radius 2 is 2.31 bits per heavy atom. The average Bonchev–Trinajstić information content (AvgIpc) is 3.09. The number of pyridine rings is 1. The lowest BCUT2D eigenvalue weighted by atomic mass is 10.3. The highest BCUT2D eigenvalue weighted by molar-refractivity contribution is 5.42. The van der Waals surface area contributed by atoms with Crippen molar-refractivity contribution in [3.05, 3.63) is 18.2 Å².